The smallest absolute Gasteiger partial charge is 0.191 e. The molecule has 2 rings (SSSR count). The number of aliphatic imine (C=N–C) groups is 1. The van der Waals surface area contributed by atoms with Gasteiger partial charge in [0.05, 0.1) is 12.2 Å². The highest BCUT2D eigenvalue weighted by Crippen LogP contribution is 2.10. The summed E-state index contributed by atoms with van der Waals surface area (Å²) in [5.41, 5.74) is 2.15. The highest BCUT2D eigenvalue weighted by molar-refractivity contribution is 14.0. The van der Waals surface area contributed by atoms with Crippen molar-refractivity contribution in [3.8, 4) is 5.75 Å². The van der Waals surface area contributed by atoms with E-state index in [1.165, 1.54) is 0 Å². The molecule has 126 valence electrons. The van der Waals surface area contributed by atoms with E-state index in [-0.39, 0.29) is 24.0 Å². The average Bonchev–Trinajstić information content (AvgIpc) is 2.90. The van der Waals surface area contributed by atoms with Crippen LogP contribution < -0.4 is 10.6 Å². The van der Waals surface area contributed by atoms with E-state index < -0.39 is 0 Å². The van der Waals surface area contributed by atoms with Crippen LogP contribution in [0.3, 0.4) is 0 Å². The molecular formula is C16H24IN5O. The van der Waals surface area contributed by atoms with E-state index in [0.29, 0.717) is 12.3 Å². The Morgan fingerprint density at radius 3 is 2.78 bits per heavy atom. The number of guanidine groups is 1. The number of nitrogens with one attached hydrogen (secondary N) is 2. The minimum Gasteiger partial charge on any atom is -0.508 e. The normalized spacial score (nSPS) is 11.0. The number of aromatic hydroxyl groups is 1. The van der Waals surface area contributed by atoms with Crippen molar-refractivity contribution >= 4 is 29.9 Å². The Labute approximate surface area is 154 Å². The summed E-state index contributed by atoms with van der Waals surface area (Å²) in [6.45, 7) is 4.18. The fourth-order valence-corrected chi connectivity index (χ4v) is 2.10. The molecule has 0 fully saturated rings. The van der Waals surface area contributed by atoms with Gasteiger partial charge in [0.1, 0.15) is 5.75 Å². The number of benzene rings is 1. The van der Waals surface area contributed by atoms with E-state index in [0.717, 1.165) is 36.7 Å². The first-order valence-electron chi connectivity index (χ1n) is 7.46. The summed E-state index contributed by atoms with van der Waals surface area (Å²) in [7, 11) is 1.91. The van der Waals surface area contributed by atoms with Crippen LogP contribution in [0, 0.1) is 0 Å². The summed E-state index contributed by atoms with van der Waals surface area (Å²) in [6.07, 6.45) is 2.59. The first-order chi connectivity index (χ1) is 10.7. The second kappa shape index (κ2) is 10.1. The zero-order chi connectivity index (χ0) is 15.8. The van der Waals surface area contributed by atoms with Crippen molar-refractivity contribution in [2.24, 2.45) is 12.0 Å². The second-order valence-electron chi connectivity index (χ2n) is 4.99. The maximum absolute atomic E-state index is 9.46. The maximum atomic E-state index is 9.46. The number of rotatable bonds is 6. The lowest BCUT2D eigenvalue weighted by Crippen LogP contribution is -2.38. The van der Waals surface area contributed by atoms with Gasteiger partial charge in [-0.25, -0.2) is 4.99 Å². The first-order valence-corrected chi connectivity index (χ1v) is 7.46. The van der Waals surface area contributed by atoms with Gasteiger partial charge >= 0.3 is 0 Å². The molecule has 0 unspecified atom stereocenters. The van der Waals surface area contributed by atoms with Crippen LogP contribution in [0.2, 0.25) is 0 Å². The lowest BCUT2D eigenvalue weighted by Gasteiger charge is -2.11. The van der Waals surface area contributed by atoms with E-state index in [1.807, 2.05) is 36.9 Å². The fraction of sp³-hybridized carbons (Fsp3) is 0.375. The van der Waals surface area contributed by atoms with E-state index in [2.05, 4.69) is 20.7 Å². The van der Waals surface area contributed by atoms with Gasteiger partial charge < -0.3 is 15.7 Å². The van der Waals surface area contributed by atoms with Gasteiger partial charge in [-0.05, 0) is 37.1 Å². The van der Waals surface area contributed by atoms with Gasteiger partial charge in [-0.15, -0.1) is 24.0 Å². The molecule has 0 aliphatic rings. The van der Waals surface area contributed by atoms with Gasteiger partial charge in [-0.3, -0.25) is 4.68 Å². The van der Waals surface area contributed by atoms with Crippen molar-refractivity contribution in [2.75, 3.05) is 13.1 Å². The van der Waals surface area contributed by atoms with Crippen molar-refractivity contribution in [2.45, 2.75) is 19.9 Å². The third kappa shape index (κ3) is 6.47. The predicted molar refractivity (Wildman–Crippen MR) is 103 cm³/mol. The molecule has 7 heteroatoms. The molecule has 0 aliphatic heterocycles. The van der Waals surface area contributed by atoms with Crippen molar-refractivity contribution in [1.29, 1.82) is 0 Å². The van der Waals surface area contributed by atoms with Gasteiger partial charge in [-0.2, -0.15) is 5.10 Å². The number of aromatic nitrogens is 2. The molecule has 1 aromatic carbocycles. The average molecular weight is 429 g/mol. The number of aryl methyl sites for hydroxylation is 1. The lowest BCUT2D eigenvalue weighted by molar-refractivity contribution is 0.474. The first kappa shape index (κ1) is 19.3. The van der Waals surface area contributed by atoms with E-state index >= 15 is 0 Å². The number of hydrogen-bond donors (Lipinski definition) is 3. The third-order valence-corrected chi connectivity index (χ3v) is 3.28. The molecule has 0 bridgehead atoms. The standard InChI is InChI=1S/C16H23N5O.HI/c1-3-17-16(19-12-14-8-10-20-21(14)2)18-9-7-13-5-4-6-15(22)11-13;/h4-6,8,10-11,22H,3,7,9,12H2,1-2H3,(H2,17,18,19);1H. The molecule has 1 heterocycles. The van der Waals surface area contributed by atoms with E-state index in [1.54, 1.807) is 18.3 Å². The molecule has 3 N–H and O–H groups in total. The minimum absolute atomic E-state index is 0. The molecule has 0 spiro atoms. The summed E-state index contributed by atoms with van der Waals surface area (Å²) in [6, 6.07) is 9.27. The monoisotopic (exact) mass is 429 g/mol. The summed E-state index contributed by atoms with van der Waals surface area (Å²) >= 11 is 0. The highest BCUT2D eigenvalue weighted by atomic mass is 127. The molecule has 0 aliphatic carbocycles. The van der Waals surface area contributed by atoms with Crippen LogP contribution >= 0.6 is 24.0 Å². The number of nitrogens with zero attached hydrogens (tertiary/aromatic N) is 3. The molecule has 0 amide bonds. The van der Waals surface area contributed by atoms with Crippen molar-refractivity contribution in [3.05, 3.63) is 47.8 Å². The van der Waals surface area contributed by atoms with Crippen molar-refractivity contribution in [1.82, 2.24) is 20.4 Å². The zero-order valence-electron chi connectivity index (χ0n) is 13.5. The van der Waals surface area contributed by atoms with Gasteiger partial charge in [0.25, 0.3) is 0 Å². The molecule has 6 nitrogen and oxygen atoms in total. The quantitative estimate of drug-likeness (QED) is 0.373. The third-order valence-electron chi connectivity index (χ3n) is 3.28. The molecule has 0 saturated heterocycles. The summed E-state index contributed by atoms with van der Waals surface area (Å²) < 4.78 is 1.82. The van der Waals surface area contributed by atoms with Crippen LogP contribution in [-0.4, -0.2) is 33.9 Å². The minimum atomic E-state index is 0. The number of halogens is 1. The van der Waals surface area contributed by atoms with Crippen LogP contribution in [0.15, 0.2) is 41.5 Å². The van der Waals surface area contributed by atoms with Crippen LogP contribution in [0.5, 0.6) is 5.75 Å². The predicted octanol–water partition coefficient (Wildman–Crippen LogP) is 2.04. The Kier molecular flexibility index (Phi) is 8.46. The summed E-state index contributed by atoms with van der Waals surface area (Å²) in [4.78, 5) is 4.55. The van der Waals surface area contributed by atoms with Crippen LogP contribution in [0.4, 0.5) is 0 Å². The summed E-state index contributed by atoms with van der Waals surface area (Å²) in [5, 5.41) is 20.1. The van der Waals surface area contributed by atoms with Crippen LogP contribution in [0.1, 0.15) is 18.2 Å². The Balaban J connectivity index is 0.00000264. The molecule has 0 radical (unpaired) electrons. The van der Waals surface area contributed by atoms with Crippen molar-refractivity contribution in [3.63, 3.8) is 0 Å². The lowest BCUT2D eigenvalue weighted by atomic mass is 10.1. The van der Waals surface area contributed by atoms with E-state index in [9.17, 15) is 5.11 Å². The van der Waals surface area contributed by atoms with Crippen LogP contribution in [-0.2, 0) is 20.0 Å². The van der Waals surface area contributed by atoms with Gasteiger partial charge in [-0.1, -0.05) is 12.1 Å². The number of phenolic OH excluding ortho intramolecular Hbond substituents is 1. The largest absolute Gasteiger partial charge is 0.508 e. The molecule has 2 aromatic rings. The summed E-state index contributed by atoms with van der Waals surface area (Å²) in [5.74, 6) is 1.08. The SMILES string of the molecule is CCNC(=NCc1ccnn1C)NCCc1cccc(O)c1.I. The topological polar surface area (TPSA) is 74.5 Å². The number of hydrogen-bond acceptors (Lipinski definition) is 3. The fourth-order valence-electron chi connectivity index (χ4n) is 2.10. The second-order valence-corrected chi connectivity index (χ2v) is 4.99. The Bertz CT molecular complexity index is 626. The van der Waals surface area contributed by atoms with Gasteiger partial charge in [0.15, 0.2) is 5.96 Å². The molecular weight excluding hydrogens is 405 g/mol. The molecule has 1 aromatic heterocycles. The molecule has 0 atom stereocenters. The number of phenols is 1. The van der Waals surface area contributed by atoms with E-state index in [4.69, 9.17) is 0 Å². The van der Waals surface area contributed by atoms with Crippen molar-refractivity contribution < 1.29 is 5.11 Å². The maximum Gasteiger partial charge on any atom is 0.191 e. The molecule has 0 saturated carbocycles. The molecule has 23 heavy (non-hydrogen) atoms. The Morgan fingerprint density at radius 2 is 2.13 bits per heavy atom. The zero-order valence-corrected chi connectivity index (χ0v) is 15.8. The Morgan fingerprint density at radius 1 is 1.30 bits per heavy atom. The Hall–Kier alpha value is -1.77. The van der Waals surface area contributed by atoms with Crippen LogP contribution in [0.25, 0.3) is 0 Å². The van der Waals surface area contributed by atoms with Gasteiger partial charge in [0, 0.05) is 26.3 Å². The highest BCUT2D eigenvalue weighted by Gasteiger charge is 2.01. The van der Waals surface area contributed by atoms with Gasteiger partial charge in [0.2, 0.25) is 0 Å².